The van der Waals surface area contributed by atoms with Gasteiger partial charge in [-0.2, -0.15) is 0 Å². The molecule has 7 heteroatoms. The summed E-state index contributed by atoms with van der Waals surface area (Å²) in [6.07, 6.45) is 0. The molecule has 3 N–H and O–H groups in total. The standard InChI is InChI=1S/C14H10ClF2N3O/c15-9-3-7(16)4-10(17)14(9)20-12-2-1-8(18)5-11(12)19-13(20)6-21/h1-5,21H,6,18H2. The van der Waals surface area contributed by atoms with Crippen LogP contribution in [0.4, 0.5) is 14.5 Å². The predicted molar refractivity (Wildman–Crippen MR) is 76.3 cm³/mol. The number of fused-ring (bicyclic) bond motifs is 1. The van der Waals surface area contributed by atoms with Gasteiger partial charge in [0.1, 0.15) is 23.9 Å². The van der Waals surface area contributed by atoms with E-state index in [9.17, 15) is 13.9 Å². The molecule has 0 aliphatic heterocycles. The van der Waals surface area contributed by atoms with E-state index >= 15 is 0 Å². The summed E-state index contributed by atoms with van der Waals surface area (Å²) in [5.74, 6) is -1.44. The summed E-state index contributed by atoms with van der Waals surface area (Å²) < 4.78 is 28.7. The number of rotatable bonds is 2. The zero-order chi connectivity index (χ0) is 15.1. The summed E-state index contributed by atoms with van der Waals surface area (Å²) in [4.78, 5) is 4.19. The van der Waals surface area contributed by atoms with E-state index in [2.05, 4.69) is 4.98 Å². The SMILES string of the molecule is Nc1ccc2c(c1)nc(CO)n2-c1c(F)cc(F)cc1Cl. The Balaban J connectivity index is 2.39. The van der Waals surface area contributed by atoms with Crippen molar-refractivity contribution >= 4 is 28.3 Å². The maximum Gasteiger partial charge on any atom is 0.151 e. The Hall–Kier alpha value is -2.18. The second-order valence-corrected chi connectivity index (χ2v) is 4.89. The minimum Gasteiger partial charge on any atom is -0.399 e. The van der Waals surface area contributed by atoms with Crippen LogP contribution in [-0.2, 0) is 6.61 Å². The number of nitrogen functional groups attached to an aromatic ring is 1. The zero-order valence-electron chi connectivity index (χ0n) is 10.6. The molecule has 0 bridgehead atoms. The molecule has 4 nitrogen and oxygen atoms in total. The fourth-order valence-electron chi connectivity index (χ4n) is 2.25. The predicted octanol–water partition coefficient (Wildman–Crippen LogP) is 3.03. The molecular formula is C14H10ClF2N3O. The molecule has 0 radical (unpaired) electrons. The molecule has 0 saturated heterocycles. The fourth-order valence-corrected chi connectivity index (χ4v) is 2.53. The van der Waals surface area contributed by atoms with Crippen molar-refractivity contribution < 1.29 is 13.9 Å². The molecule has 3 aromatic rings. The van der Waals surface area contributed by atoms with E-state index < -0.39 is 18.2 Å². The number of nitrogens with two attached hydrogens (primary N) is 1. The number of nitrogens with zero attached hydrogens (tertiary/aromatic N) is 2. The van der Waals surface area contributed by atoms with Crippen LogP contribution in [0.25, 0.3) is 16.7 Å². The number of hydrogen-bond donors (Lipinski definition) is 2. The molecule has 0 fully saturated rings. The van der Waals surface area contributed by atoms with Crippen LogP contribution in [0, 0.1) is 11.6 Å². The minimum absolute atomic E-state index is 0.0608. The van der Waals surface area contributed by atoms with Gasteiger partial charge in [-0.15, -0.1) is 0 Å². The first-order valence-corrected chi connectivity index (χ1v) is 6.41. The summed E-state index contributed by atoms with van der Waals surface area (Å²) in [5, 5.41) is 9.32. The lowest BCUT2D eigenvalue weighted by Crippen LogP contribution is -2.05. The number of halogens is 3. The minimum atomic E-state index is -0.842. The summed E-state index contributed by atoms with van der Waals surface area (Å²) in [5.41, 5.74) is 7.11. The Bertz CT molecular complexity index is 825. The second kappa shape index (κ2) is 4.98. The van der Waals surface area contributed by atoms with Crippen molar-refractivity contribution in [1.29, 1.82) is 0 Å². The number of aliphatic hydroxyl groups excluding tert-OH is 1. The highest BCUT2D eigenvalue weighted by Crippen LogP contribution is 2.30. The summed E-state index contributed by atoms with van der Waals surface area (Å²) in [6.45, 7) is -0.429. The van der Waals surface area contributed by atoms with Gasteiger partial charge in [-0.3, -0.25) is 4.57 Å². The largest absolute Gasteiger partial charge is 0.399 e. The van der Waals surface area contributed by atoms with E-state index in [1.54, 1.807) is 18.2 Å². The smallest absolute Gasteiger partial charge is 0.151 e. The molecule has 0 unspecified atom stereocenters. The van der Waals surface area contributed by atoms with Gasteiger partial charge < -0.3 is 10.8 Å². The van der Waals surface area contributed by atoms with Gasteiger partial charge in [0.25, 0.3) is 0 Å². The highest BCUT2D eigenvalue weighted by atomic mass is 35.5. The summed E-state index contributed by atoms with van der Waals surface area (Å²) in [6, 6.07) is 6.59. The van der Waals surface area contributed by atoms with Gasteiger partial charge in [-0.25, -0.2) is 13.8 Å². The molecule has 0 atom stereocenters. The molecule has 2 aromatic carbocycles. The third-order valence-corrected chi connectivity index (χ3v) is 3.38. The van der Waals surface area contributed by atoms with Gasteiger partial charge in [0.05, 0.1) is 16.1 Å². The molecule has 0 aliphatic rings. The van der Waals surface area contributed by atoms with Crippen molar-refractivity contribution in [3.05, 3.63) is 52.8 Å². The van der Waals surface area contributed by atoms with E-state index in [0.717, 1.165) is 12.1 Å². The van der Waals surface area contributed by atoms with Crippen LogP contribution in [-0.4, -0.2) is 14.7 Å². The number of aromatic nitrogens is 2. The van der Waals surface area contributed by atoms with Gasteiger partial charge in [0.2, 0.25) is 0 Å². The van der Waals surface area contributed by atoms with Crippen LogP contribution < -0.4 is 5.73 Å². The molecule has 21 heavy (non-hydrogen) atoms. The van der Waals surface area contributed by atoms with Crippen LogP contribution in [0.1, 0.15) is 5.82 Å². The lowest BCUT2D eigenvalue weighted by molar-refractivity contribution is 0.270. The first kappa shape index (κ1) is 13.8. The third kappa shape index (κ3) is 2.22. The topological polar surface area (TPSA) is 64.1 Å². The average Bonchev–Trinajstić information content (AvgIpc) is 2.75. The number of anilines is 1. The molecule has 0 aliphatic carbocycles. The molecular weight excluding hydrogens is 300 g/mol. The molecule has 1 aromatic heterocycles. The summed E-state index contributed by atoms with van der Waals surface area (Å²) in [7, 11) is 0. The molecule has 0 amide bonds. The lowest BCUT2D eigenvalue weighted by atomic mass is 10.2. The van der Waals surface area contributed by atoms with Crippen molar-refractivity contribution in [3.8, 4) is 5.69 Å². The molecule has 108 valence electrons. The quantitative estimate of drug-likeness (QED) is 0.715. The van der Waals surface area contributed by atoms with E-state index in [0.29, 0.717) is 16.7 Å². The van der Waals surface area contributed by atoms with E-state index in [4.69, 9.17) is 17.3 Å². The van der Waals surface area contributed by atoms with Gasteiger partial charge >= 0.3 is 0 Å². The lowest BCUT2D eigenvalue weighted by Gasteiger charge is -2.11. The van der Waals surface area contributed by atoms with Crippen LogP contribution in [0.2, 0.25) is 5.02 Å². The monoisotopic (exact) mass is 309 g/mol. The van der Waals surface area contributed by atoms with Crippen LogP contribution in [0.15, 0.2) is 30.3 Å². The van der Waals surface area contributed by atoms with E-state index in [1.165, 1.54) is 4.57 Å². The van der Waals surface area contributed by atoms with Gasteiger partial charge in [0.15, 0.2) is 5.82 Å². The van der Waals surface area contributed by atoms with Gasteiger partial charge in [-0.05, 0) is 24.3 Å². The summed E-state index contributed by atoms with van der Waals surface area (Å²) >= 11 is 5.95. The molecule has 3 rings (SSSR count). The Labute approximate surface area is 123 Å². The first-order valence-electron chi connectivity index (χ1n) is 6.04. The van der Waals surface area contributed by atoms with Gasteiger partial charge in [0, 0.05) is 11.8 Å². The van der Waals surface area contributed by atoms with Crippen LogP contribution >= 0.6 is 11.6 Å². The first-order chi connectivity index (χ1) is 10.0. The maximum absolute atomic E-state index is 14.1. The Morgan fingerprint density at radius 2 is 2.00 bits per heavy atom. The van der Waals surface area contributed by atoms with E-state index in [1.807, 2.05) is 0 Å². The Morgan fingerprint density at radius 3 is 2.67 bits per heavy atom. The van der Waals surface area contributed by atoms with Crippen molar-refractivity contribution in [1.82, 2.24) is 9.55 Å². The van der Waals surface area contributed by atoms with Crippen molar-refractivity contribution in [3.63, 3.8) is 0 Å². The van der Waals surface area contributed by atoms with Crippen molar-refractivity contribution in [2.45, 2.75) is 6.61 Å². The van der Waals surface area contributed by atoms with E-state index in [-0.39, 0.29) is 16.5 Å². The van der Waals surface area contributed by atoms with Crippen LogP contribution in [0.5, 0.6) is 0 Å². The fraction of sp³-hybridized carbons (Fsp3) is 0.0714. The van der Waals surface area contributed by atoms with Crippen LogP contribution in [0.3, 0.4) is 0 Å². The second-order valence-electron chi connectivity index (χ2n) is 4.49. The zero-order valence-corrected chi connectivity index (χ0v) is 11.4. The number of aliphatic hydroxyl groups is 1. The maximum atomic E-state index is 14.1. The molecule has 0 saturated carbocycles. The van der Waals surface area contributed by atoms with Crippen molar-refractivity contribution in [2.24, 2.45) is 0 Å². The van der Waals surface area contributed by atoms with Gasteiger partial charge in [-0.1, -0.05) is 11.6 Å². The highest BCUT2D eigenvalue weighted by molar-refractivity contribution is 6.32. The highest BCUT2D eigenvalue weighted by Gasteiger charge is 2.19. The number of imidazole rings is 1. The Kier molecular flexibility index (Phi) is 3.27. The third-order valence-electron chi connectivity index (χ3n) is 3.09. The number of hydrogen-bond acceptors (Lipinski definition) is 3. The molecule has 1 heterocycles. The number of benzene rings is 2. The van der Waals surface area contributed by atoms with Crippen molar-refractivity contribution in [2.75, 3.05) is 5.73 Å². The average molecular weight is 310 g/mol. The normalized spacial score (nSPS) is 11.2. The molecule has 0 spiro atoms. The Morgan fingerprint density at radius 1 is 1.24 bits per heavy atom.